The molecule has 2 aliphatic carbocycles. The number of nitrogens with one attached hydrogen (secondary N) is 2. The Balaban J connectivity index is 1.25. The van der Waals surface area contributed by atoms with Crippen LogP contribution in [-0.2, 0) is 13.0 Å². The molecule has 1 atom stereocenters. The first-order valence-corrected chi connectivity index (χ1v) is 10.6. The van der Waals surface area contributed by atoms with Crippen LogP contribution >= 0.6 is 0 Å². The average Bonchev–Trinajstić information content (AvgIpc) is 3.33. The lowest BCUT2D eigenvalue weighted by Gasteiger charge is -2.22. The zero-order valence-corrected chi connectivity index (χ0v) is 15.8. The average molecular weight is 368 g/mol. The van der Waals surface area contributed by atoms with Crippen molar-refractivity contribution >= 4 is 5.91 Å². The maximum atomic E-state index is 12.9. The van der Waals surface area contributed by atoms with Crippen molar-refractivity contribution in [3.8, 4) is 0 Å². The van der Waals surface area contributed by atoms with Crippen molar-refractivity contribution in [1.29, 1.82) is 0 Å². The van der Waals surface area contributed by atoms with Crippen molar-refractivity contribution in [2.75, 3.05) is 0 Å². The highest BCUT2D eigenvalue weighted by molar-refractivity contribution is 5.95. The third-order valence-electron chi connectivity index (χ3n) is 6.48. The highest BCUT2D eigenvalue weighted by Crippen LogP contribution is 2.39. The van der Waals surface area contributed by atoms with Crippen molar-refractivity contribution in [2.45, 2.75) is 88.6 Å². The number of hydrogen-bond donors (Lipinski definition) is 2. The molecule has 2 fully saturated rings. The predicted molar refractivity (Wildman–Crippen MR) is 101 cm³/mol. The van der Waals surface area contributed by atoms with E-state index in [9.17, 15) is 4.79 Å². The van der Waals surface area contributed by atoms with Crippen molar-refractivity contribution in [3.63, 3.8) is 0 Å². The van der Waals surface area contributed by atoms with Gasteiger partial charge in [0.05, 0.1) is 17.5 Å². The van der Waals surface area contributed by atoms with Crippen LogP contribution in [0.5, 0.6) is 0 Å². The summed E-state index contributed by atoms with van der Waals surface area (Å²) in [6, 6.07) is 0.181. The molecule has 3 heterocycles. The van der Waals surface area contributed by atoms with E-state index in [-0.39, 0.29) is 11.9 Å². The number of nitrogens with zero attached hydrogens (tertiary/aromatic N) is 4. The summed E-state index contributed by atoms with van der Waals surface area (Å²) in [5, 5.41) is 19.4. The number of carbonyl (C=O) groups is 1. The molecule has 2 aromatic rings. The summed E-state index contributed by atoms with van der Waals surface area (Å²) in [4.78, 5) is 12.9. The molecule has 0 saturated heterocycles. The topological polar surface area (TPSA) is 88.5 Å². The van der Waals surface area contributed by atoms with Gasteiger partial charge in [-0.05, 0) is 38.5 Å². The fourth-order valence-corrected chi connectivity index (χ4v) is 4.74. The van der Waals surface area contributed by atoms with Gasteiger partial charge in [0.15, 0.2) is 0 Å². The standard InChI is InChI=1S/C20H28N6O/c27-20(16-12-21-24-18(16)13-4-2-1-3-5-13)22-15-8-9-17-23-25-19(14-6-7-14)26(17)11-10-15/h12-15H,1-11H2,(H,21,24)(H,22,27). The molecule has 0 aromatic carbocycles. The number of aromatic amines is 1. The molecule has 1 amide bonds. The van der Waals surface area contributed by atoms with Crippen LogP contribution in [0.3, 0.4) is 0 Å². The van der Waals surface area contributed by atoms with Crippen LogP contribution in [0.15, 0.2) is 6.20 Å². The van der Waals surface area contributed by atoms with Gasteiger partial charge in [-0.3, -0.25) is 9.89 Å². The van der Waals surface area contributed by atoms with E-state index in [1.54, 1.807) is 6.20 Å². The Bertz CT molecular complexity index is 814. The molecule has 7 heteroatoms. The third-order valence-corrected chi connectivity index (χ3v) is 6.48. The molecule has 1 unspecified atom stereocenters. The van der Waals surface area contributed by atoms with Crippen LogP contribution in [0.1, 0.15) is 97.3 Å². The van der Waals surface area contributed by atoms with E-state index in [0.717, 1.165) is 61.6 Å². The number of amides is 1. The van der Waals surface area contributed by atoms with Crippen LogP contribution in [0.2, 0.25) is 0 Å². The molecule has 2 saturated carbocycles. The SMILES string of the molecule is O=C(NC1CCc2nnc(C3CC3)n2CC1)c1cn[nH]c1C1CCCCC1. The predicted octanol–water partition coefficient (Wildman–Crippen LogP) is 3.06. The minimum absolute atomic E-state index is 0.0226. The van der Waals surface area contributed by atoms with Gasteiger partial charge in [0.25, 0.3) is 5.91 Å². The van der Waals surface area contributed by atoms with Crippen LogP contribution in [0.4, 0.5) is 0 Å². The summed E-state index contributed by atoms with van der Waals surface area (Å²) in [6.45, 7) is 0.903. The first-order valence-electron chi connectivity index (χ1n) is 10.6. The summed E-state index contributed by atoms with van der Waals surface area (Å²) in [6.07, 6.45) is 13.0. The Morgan fingerprint density at radius 1 is 1.04 bits per heavy atom. The molecule has 1 aliphatic heterocycles. The van der Waals surface area contributed by atoms with Gasteiger partial charge in [-0.15, -0.1) is 10.2 Å². The summed E-state index contributed by atoms with van der Waals surface area (Å²) >= 11 is 0. The van der Waals surface area contributed by atoms with Crippen LogP contribution in [-0.4, -0.2) is 36.9 Å². The highest BCUT2D eigenvalue weighted by atomic mass is 16.1. The Kier molecular flexibility index (Phi) is 4.45. The number of carbonyl (C=O) groups excluding carboxylic acids is 1. The molecule has 5 rings (SSSR count). The number of H-pyrrole nitrogens is 1. The van der Waals surface area contributed by atoms with Gasteiger partial charge >= 0.3 is 0 Å². The zero-order valence-electron chi connectivity index (χ0n) is 15.8. The summed E-state index contributed by atoms with van der Waals surface area (Å²) in [5.74, 6) is 3.33. The number of rotatable bonds is 4. The number of aryl methyl sites for hydroxylation is 1. The second kappa shape index (κ2) is 7.09. The van der Waals surface area contributed by atoms with Gasteiger partial charge in [-0.2, -0.15) is 5.10 Å². The fraction of sp³-hybridized carbons (Fsp3) is 0.700. The molecular formula is C20H28N6O. The quantitative estimate of drug-likeness (QED) is 0.868. The lowest BCUT2D eigenvalue weighted by molar-refractivity contribution is 0.0931. The van der Waals surface area contributed by atoms with E-state index in [1.165, 1.54) is 32.1 Å². The van der Waals surface area contributed by atoms with E-state index in [4.69, 9.17) is 0 Å². The van der Waals surface area contributed by atoms with Gasteiger partial charge in [0, 0.05) is 30.8 Å². The molecule has 3 aliphatic rings. The second-order valence-corrected chi connectivity index (χ2v) is 8.43. The first-order chi connectivity index (χ1) is 13.3. The fourth-order valence-electron chi connectivity index (χ4n) is 4.74. The first kappa shape index (κ1) is 17.0. The Hall–Kier alpha value is -2.18. The molecule has 0 spiro atoms. The molecular weight excluding hydrogens is 340 g/mol. The second-order valence-electron chi connectivity index (χ2n) is 8.43. The van der Waals surface area contributed by atoms with Gasteiger partial charge in [0.2, 0.25) is 0 Å². The maximum Gasteiger partial charge on any atom is 0.254 e. The summed E-state index contributed by atoms with van der Waals surface area (Å²) < 4.78 is 2.30. The largest absolute Gasteiger partial charge is 0.349 e. The minimum Gasteiger partial charge on any atom is -0.349 e. The normalized spacial score (nSPS) is 23.6. The summed E-state index contributed by atoms with van der Waals surface area (Å²) in [5.41, 5.74) is 1.78. The van der Waals surface area contributed by atoms with Crippen molar-refractivity contribution < 1.29 is 4.79 Å². The molecule has 27 heavy (non-hydrogen) atoms. The van der Waals surface area contributed by atoms with Gasteiger partial charge in [-0.1, -0.05) is 19.3 Å². The van der Waals surface area contributed by atoms with Crippen molar-refractivity contribution in [1.82, 2.24) is 30.3 Å². The van der Waals surface area contributed by atoms with E-state index in [2.05, 4.69) is 30.3 Å². The van der Waals surface area contributed by atoms with Crippen LogP contribution < -0.4 is 5.32 Å². The molecule has 7 nitrogen and oxygen atoms in total. The third kappa shape index (κ3) is 3.39. The minimum atomic E-state index is 0.0226. The van der Waals surface area contributed by atoms with Crippen molar-refractivity contribution in [2.24, 2.45) is 0 Å². The zero-order chi connectivity index (χ0) is 18.2. The smallest absolute Gasteiger partial charge is 0.254 e. The number of aromatic nitrogens is 5. The van der Waals surface area contributed by atoms with Crippen molar-refractivity contribution in [3.05, 3.63) is 29.1 Å². The van der Waals surface area contributed by atoms with E-state index < -0.39 is 0 Å². The monoisotopic (exact) mass is 368 g/mol. The van der Waals surface area contributed by atoms with Crippen LogP contribution in [0.25, 0.3) is 0 Å². The Labute approximate surface area is 159 Å². The Morgan fingerprint density at radius 3 is 2.70 bits per heavy atom. The Morgan fingerprint density at radius 2 is 1.89 bits per heavy atom. The lowest BCUT2D eigenvalue weighted by Crippen LogP contribution is -2.35. The molecule has 0 bridgehead atoms. The summed E-state index contributed by atoms with van der Waals surface area (Å²) in [7, 11) is 0. The van der Waals surface area contributed by atoms with Crippen LogP contribution in [0, 0.1) is 0 Å². The number of hydrogen-bond acceptors (Lipinski definition) is 4. The lowest BCUT2D eigenvalue weighted by atomic mass is 9.85. The number of fused-ring (bicyclic) bond motifs is 1. The molecule has 0 radical (unpaired) electrons. The van der Waals surface area contributed by atoms with Gasteiger partial charge in [-0.25, -0.2) is 0 Å². The van der Waals surface area contributed by atoms with E-state index in [0.29, 0.717) is 11.8 Å². The molecule has 2 aromatic heterocycles. The van der Waals surface area contributed by atoms with Gasteiger partial charge < -0.3 is 9.88 Å². The molecule has 2 N–H and O–H groups in total. The van der Waals surface area contributed by atoms with Gasteiger partial charge in [0.1, 0.15) is 11.6 Å². The maximum absolute atomic E-state index is 12.9. The highest BCUT2D eigenvalue weighted by Gasteiger charge is 2.32. The molecule has 144 valence electrons. The van der Waals surface area contributed by atoms with E-state index in [1.807, 2.05) is 0 Å². The van der Waals surface area contributed by atoms with E-state index >= 15 is 0 Å².